The summed E-state index contributed by atoms with van der Waals surface area (Å²) in [4.78, 5) is 38.7. The van der Waals surface area contributed by atoms with Crippen LogP contribution in [0.5, 0.6) is 0 Å². The highest BCUT2D eigenvalue weighted by Gasteiger charge is 2.41. The summed E-state index contributed by atoms with van der Waals surface area (Å²) < 4.78 is 5.64. The van der Waals surface area contributed by atoms with E-state index in [4.69, 9.17) is 4.74 Å². The Morgan fingerprint density at radius 1 is 1.03 bits per heavy atom. The number of ether oxygens (including phenoxy) is 1. The molecule has 34 heavy (non-hydrogen) atoms. The topological polar surface area (TPSA) is 95.9 Å². The van der Waals surface area contributed by atoms with Gasteiger partial charge in [0.15, 0.2) is 0 Å². The highest BCUT2D eigenvalue weighted by atomic mass is 16.5. The molecule has 2 amide bonds. The average Bonchev–Trinajstić information content (AvgIpc) is 3.13. The minimum absolute atomic E-state index is 0.0513. The third-order valence-electron chi connectivity index (χ3n) is 7.41. The summed E-state index contributed by atoms with van der Waals surface area (Å²) in [6.45, 7) is 6.52. The van der Waals surface area contributed by atoms with E-state index in [0.29, 0.717) is 19.5 Å². The molecule has 2 aromatic rings. The number of carboxylic acid groups (broad SMARTS) is 1. The van der Waals surface area contributed by atoms with Crippen molar-refractivity contribution in [3.8, 4) is 11.1 Å². The SMILES string of the molecule is CCC(C)C(NC(=O)OCC1c2ccccc2-c2ccccc21)C(=O)N1CC(C(C)C(=O)O)C1. The molecule has 0 radical (unpaired) electrons. The van der Waals surface area contributed by atoms with Gasteiger partial charge >= 0.3 is 12.1 Å². The van der Waals surface area contributed by atoms with E-state index in [1.54, 1.807) is 11.8 Å². The molecule has 1 fully saturated rings. The quantitative estimate of drug-likeness (QED) is 0.613. The van der Waals surface area contributed by atoms with Gasteiger partial charge < -0.3 is 20.1 Å². The third kappa shape index (κ3) is 4.52. The molecule has 0 aromatic heterocycles. The number of carboxylic acids is 1. The molecular formula is C27H32N2O5. The maximum absolute atomic E-state index is 13.1. The first kappa shape index (κ1) is 23.8. The zero-order valence-electron chi connectivity index (χ0n) is 19.9. The summed E-state index contributed by atoms with van der Waals surface area (Å²) in [5.41, 5.74) is 4.57. The maximum Gasteiger partial charge on any atom is 0.407 e. The van der Waals surface area contributed by atoms with E-state index in [1.165, 1.54) is 0 Å². The molecule has 180 valence electrons. The molecule has 7 nitrogen and oxygen atoms in total. The first-order chi connectivity index (χ1) is 16.3. The fourth-order valence-corrected chi connectivity index (χ4v) is 4.86. The van der Waals surface area contributed by atoms with Crippen LogP contribution in [0.4, 0.5) is 4.79 Å². The zero-order valence-corrected chi connectivity index (χ0v) is 19.9. The van der Waals surface area contributed by atoms with Crippen molar-refractivity contribution >= 4 is 18.0 Å². The number of aliphatic carboxylic acids is 1. The fourth-order valence-electron chi connectivity index (χ4n) is 4.86. The van der Waals surface area contributed by atoms with Gasteiger partial charge in [0.2, 0.25) is 5.91 Å². The van der Waals surface area contributed by atoms with E-state index in [-0.39, 0.29) is 30.3 Å². The molecule has 2 N–H and O–H groups in total. The van der Waals surface area contributed by atoms with Crippen LogP contribution in [-0.4, -0.2) is 53.7 Å². The number of likely N-dealkylation sites (tertiary alicyclic amines) is 1. The average molecular weight is 465 g/mol. The number of nitrogens with one attached hydrogen (secondary N) is 1. The molecule has 4 rings (SSSR count). The van der Waals surface area contributed by atoms with Crippen LogP contribution in [0.3, 0.4) is 0 Å². The molecule has 2 aromatic carbocycles. The van der Waals surface area contributed by atoms with Gasteiger partial charge in [0, 0.05) is 24.9 Å². The maximum atomic E-state index is 13.1. The smallest absolute Gasteiger partial charge is 0.407 e. The van der Waals surface area contributed by atoms with Crippen LogP contribution in [0, 0.1) is 17.8 Å². The van der Waals surface area contributed by atoms with Crippen molar-refractivity contribution in [3.63, 3.8) is 0 Å². The Morgan fingerprint density at radius 3 is 2.12 bits per heavy atom. The Hall–Kier alpha value is -3.35. The Kier molecular flexibility index (Phi) is 6.91. The molecule has 7 heteroatoms. The highest BCUT2D eigenvalue weighted by molar-refractivity contribution is 5.87. The van der Waals surface area contributed by atoms with Crippen LogP contribution in [0.1, 0.15) is 44.2 Å². The van der Waals surface area contributed by atoms with Gasteiger partial charge in [-0.2, -0.15) is 0 Å². The molecule has 2 aliphatic rings. The number of fused-ring (bicyclic) bond motifs is 3. The number of hydrogen-bond donors (Lipinski definition) is 2. The first-order valence-electron chi connectivity index (χ1n) is 11.9. The third-order valence-corrected chi connectivity index (χ3v) is 7.41. The Balaban J connectivity index is 1.39. The number of amides is 2. The highest BCUT2D eigenvalue weighted by Crippen LogP contribution is 2.44. The molecule has 1 aliphatic heterocycles. The van der Waals surface area contributed by atoms with Gasteiger partial charge in [-0.1, -0.05) is 75.7 Å². The summed E-state index contributed by atoms with van der Waals surface area (Å²) in [7, 11) is 0. The van der Waals surface area contributed by atoms with Gasteiger partial charge in [0.05, 0.1) is 5.92 Å². The van der Waals surface area contributed by atoms with Gasteiger partial charge in [-0.15, -0.1) is 0 Å². The van der Waals surface area contributed by atoms with Gasteiger partial charge in [-0.05, 0) is 28.2 Å². The Labute approximate surface area is 200 Å². The zero-order chi connectivity index (χ0) is 24.4. The van der Waals surface area contributed by atoms with Crippen molar-refractivity contribution in [2.45, 2.75) is 39.2 Å². The standard InChI is InChI=1S/C27H32N2O5/c1-4-16(2)24(25(30)29-13-18(14-29)17(3)26(31)32)28-27(33)34-15-23-21-11-7-5-9-19(21)20-10-6-8-12-22(20)23/h5-12,16-18,23-24H,4,13-15H2,1-3H3,(H,28,33)(H,31,32). The molecular weight excluding hydrogens is 432 g/mol. The lowest BCUT2D eigenvalue weighted by molar-refractivity contribution is -0.151. The lowest BCUT2D eigenvalue weighted by Crippen LogP contribution is -2.60. The summed E-state index contributed by atoms with van der Waals surface area (Å²) in [6.07, 6.45) is 0.0968. The first-order valence-corrected chi connectivity index (χ1v) is 11.9. The second-order valence-electron chi connectivity index (χ2n) is 9.46. The van der Waals surface area contributed by atoms with E-state index in [0.717, 1.165) is 22.3 Å². The molecule has 0 bridgehead atoms. The Morgan fingerprint density at radius 2 is 1.59 bits per heavy atom. The minimum Gasteiger partial charge on any atom is -0.481 e. The lowest BCUT2D eigenvalue weighted by Gasteiger charge is -2.43. The monoisotopic (exact) mass is 464 g/mol. The number of rotatable bonds is 8. The Bertz CT molecular complexity index is 1030. The van der Waals surface area contributed by atoms with Crippen LogP contribution in [0.2, 0.25) is 0 Å². The predicted octanol–water partition coefficient (Wildman–Crippen LogP) is 4.12. The predicted molar refractivity (Wildman–Crippen MR) is 128 cm³/mol. The number of alkyl carbamates (subject to hydrolysis) is 1. The van der Waals surface area contributed by atoms with Crippen LogP contribution in [0.25, 0.3) is 11.1 Å². The molecule has 1 heterocycles. The van der Waals surface area contributed by atoms with Gasteiger partial charge in [-0.3, -0.25) is 9.59 Å². The van der Waals surface area contributed by atoms with Crippen LogP contribution in [0.15, 0.2) is 48.5 Å². The summed E-state index contributed by atoms with van der Waals surface area (Å²) >= 11 is 0. The van der Waals surface area contributed by atoms with E-state index in [1.807, 2.05) is 38.1 Å². The van der Waals surface area contributed by atoms with Crippen molar-refractivity contribution in [2.75, 3.05) is 19.7 Å². The van der Waals surface area contributed by atoms with Crippen LogP contribution < -0.4 is 5.32 Å². The summed E-state index contributed by atoms with van der Waals surface area (Å²) in [5, 5.41) is 12.0. The molecule has 1 saturated heterocycles. The molecule has 0 saturated carbocycles. The summed E-state index contributed by atoms with van der Waals surface area (Å²) in [5.74, 6) is -1.73. The molecule has 1 aliphatic carbocycles. The van der Waals surface area contributed by atoms with Crippen molar-refractivity contribution < 1.29 is 24.2 Å². The van der Waals surface area contributed by atoms with Gasteiger partial charge in [-0.25, -0.2) is 4.79 Å². The van der Waals surface area contributed by atoms with Crippen molar-refractivity contribution in [2.24, 2.45) is 17.8 Å². The van der Waals surface area contributed by atoms with E-state index in [2.05, 4.69) is 29.6 Å². The van der Waals surface area contributed by atoms with E-state index in [9.17, 15) is 19.5 Å². The molecule has 3 unspecified atom stereocenters. The normalized spacial score (nSPS) is 17.7. The van der Waals surface area contributed by atoms with E-state index >= 15 is 0 Å². The van der Waals surface area contributed by atoms with Crippen molar-refractivity contribution in [1.29, 1.82) is 0 Å². The number of carbonyl (C=O) groups is 3. The summed E-state index contributed by atoms with van der Waals surface area (Å²) in [6, 6.07) is 15.6. The number of carbonyl (C=O) groups excluding carboxylic acids is 2. The lowest BCUT2D eigenvalue weighted by atomic mass is 9.85. The van der Waals surface area contributed by atoms with Gasteiger partial charge in [0.25, 0.3) is 0 Å². The van der Waals surface area contributed by atoms with Crippen LogP contribution in [-0.2, 0) is 14.3 Å². The second-order valence-corrected chi connectivity index (χ2v) is 9.46. The fraction of sp³-hybridized carbons (Fsp3) is 0.444. The van der Waals surface area contributed by atoms with Crippen molar-refractivity contribution in [3.05, 3.63) is 59.7 Å². The molecule has 3 atom stereocenters. The number of nitrogens with zero attached hydrogens (tertiary/aromatic N) is 1. The van der Waals surface area contributed by atoms with E-state index < -0.39 is 24.0 Å². The van der Waals surface area contributed by atoms with Gasteiger partial charge in [0.1, 0.15) is 12.6 Å². The largest absolute Gasteiger partial charge is 0.481 e. The second kappa shape index (κ2) is 9.87. The van der Waals surface area contributed by atoms with Crippen molar-refractivity contribution in [1.82, 2.24) is 10.2 Å². The number of benzene rings is 2. The van der Waals surface area contributed by atoms with Crippen LogP contribution >= 0.6 is 0 Å². The minimum atomic E-state index is -0.854. The molecule has 0 spiro atoms. The number of hydrogen-bond acceptors (Lipinski definition) is 4.